The lowest BCUT2D eigenvalue weighted by Crippen LogP contribution is -2.55. The minimum atomic E-state index is -0.591. The lowest BCUT2D eigenvalue weighted by Gasteiger charge is -2.39. The van der Waals surface area contributed by atoms with Crippen molar-refractivity contribution in [3.8, 4) is 11.1 Å². The molecule has 4 aliphatic rings. The number of aromatic amines is 2. The molecule has 3 aliphatic heterocycles. The van der Waals surface area contributed by atoms with Gasteiger partial charge in [-0.25, -0.2) is 14.6 Å². The number of hydrogen-bond donors (Lipinski definition) is 3. The molecule has 17 heteroatoms. The van der Waals surface area contributed by atoms with E-state index in [-0.39, 0.29) is 24.0 Å². The van der Waals surface area contributed by atoms with E-state index in [2.05, 4.69) is 98.5 Å². The first kappa shape index (κ1) is 58.5. The van der Waals surface area contributed by atoms with Gasteiger partial charge in [0.1, 0.15) is 5.82 Å². The Morgan fingerprint density at radius 1 is 0.662 bits per heavy atom. The number of anilines is 1. The Hall–Kier alpha value is -7.63. The third-order valence-electron chi connectivity index (χ3n) is 15.3. The van der Waals surface area contributed by atoms with Gasteiger partial charge in [0, 0.05) is 108 Å². The lowest BCUT2D eigenvalue weighted by molar-refractivity contribution is -0.134. The Balaban J connectivity index is 0.000000213. The van der Waals surface area contributed by atoms with Gasteiger partial charge in [-0.05, 0) is 98.4 Å². The van der Waals surface area contributed by atoms with Crippen molar-refractivity contribution < 1.29 is 20.2 Å². The molecule has 7 aromatic rings. The number of carbonyl (C=O) groups excluding carboxylic acids is 3. The van der Waals surface area contributed by atoms with E-state index in [4.69, 9.17) is 0 Å². The molecule has 0 bridgehead atoms. The molecule has 4 aromatic carbocycles. The van der Waals surface area contributed by atoms with Crippen molar-refractivity contribution in [1.82, 2.24) is 49.9 Å². The second-order valence-electron chi connectivity index (χ2n) is 21.3. The smallest absolute Gasteiger partial charge is 0.272 e. The van der Waals surface area contributed by atoms with Gasteiger partial charge >= 0.3 is 0 Å². The first-order valence-electron chi connectivity index (χ1n) is 28.6. The molecule has 4 fully saturated rings. The van der Waals surface area contributed by atoms with E-state index in [1.54, 1.807) is 34.1 Å². The van der Waals surface area contributed by atoms with Gasteiger partial charge in [-0.3, -0.25) is 33.9 Å². The van der Waals surface area contributed by atoms with Gasteiger partial charge in [0.25, 0.3) is 17.0 Å². The highest BCUT2D eigenvalue weighted by Crippen LogP contribution is 2.30. The van der Waals surface area contributed by atoms with Crippen molar-refractivity contribution in [3.63, 3.8) is 0 Å². The average Bonchev–Trinajstić information content (AvgIpc) is 4.33. The second-order valence-corrected chi connectivity index (χ2v) is 21.3. The van der Waals surface area contributed by atoms with Crippen LogP contribution in [0.15, 0.2) is 113 Å². The number of nitrogens with zero attached hydrogens (tertiary/aromatic N) is 8. The molecule has 1 aliphatic carbocycles. The predicted molar refractivity (Wildman–Crippen MR) is 318 cm³/mol. The Morgan fingerprint density at radius 2 is 1.26 bits per heavy atom. The van der Waals surface area contributed by atoms with E-state index in [1.165, 1.54) is 47.7 Å². The number of nitrogens with one attached hydrogen (secondary N) is 3. The molecule has 424 valence electrons. The Bertz CT molecular complexity index is 3330. The number of fused-ring (bicyclic) bond motifs is 2. The van der Waals surface area contributed by atoms with Gasteiger partial charge in [0.15, 0.2) is 0 Å². The van der Waals surface area contributed by atoms with Crippen molar-refractivity contribution >= 4 is 45.5 Å². The van der Waals surface area contributed by atoms with Crippen molar-refractivity contribution in [3.05, 3.63) is 164 Å². The summed E-state index contributed by atoms with van der Waals surface area (Å²) in [6, 6.07) is 30.8. The van der Waals surface area contributed by atoms with Crippen LogP contribution in [0.25, 0.3) is 32.7 Å². The monoisotopic (exact) mass is 1090 g/mol. The minimum absolute atomic E-state index is 0. The molecule has 0 atom stereocenters. The molecule has 3 N–H and O–H groups in total. The molecule has 3 aromatic heterocycles. The van der Waals surface area contributed by atoms with Crippen molar-refractivity contribution in [2.24, 2.45) is 5.92 Å². The Morgan fingerprint density at radius 3 is 1.88 bits per heavy atom. The van der Waals surface area contributed by atoms with Crippen molar-refractivity contribution in [1.29, 1.82) is 0 Å². The lowest BCUT2D eigenvalue weighted by atomic mass is 9.96. The number of benzene rings is 4. The molecule has 1 saturated carbocycles. The second kappa shape index (κ2) is 28.5. The van der Waals surface area contributed by atoms with Gasteiger partial charge in [0.05, 0.1) is 45.6 Å². The number of carbonyl (C=O) groups is 3. The number of rotatable bonds is 13. The number of H-pyrrole nitrogens is 2. The normalized spacial score (nSPS) is 15.9. The number of amides is 3. The van der Waals surface area contributed by atoms with Gasteiger partial charge < -0.3 is 24.9 Å². The maximum absolute atomic E-state index is 14.9. The number of piperidine rings is 1. The number of hydrogen-bond acceptors (Lipinski definition) is 11. The summed E-state index contributed by atoms with van der Waals surface area (Å²) in [5, 5.41) is 19.7. The van der Waals surface area contributed by atoms with Crippen LogP contribution < -0.4 is 16.4 Å². The predicted octanol–water partition coefficient (Wildman–Crippen LogP) is 8.76. The third kappa shape index (κ3) is 15.6. The van der Waals surface area contributed by atoms with E-state index in [1.807, 2.05) is 54.4 Å². The molecular weight excluding hydrogens is 1010 g/mol. The molecule has 80 heavy (non-hydrogen) atoms. The minimum Gasteiger partial charge on any atom is -0.381 e. The maximum atomic E-state index is 14.9. The number of piperazine rings is 2. The van der Waals surface area contributed by atoms with Crippen LogP contribution in [0.5, 0.6) is 0 Å². The van der Waals surface area contributed by atoms with E-state index < -0.39 is 11.7 Å². The summed E-state index contributed by atoms with van der Waals surface area (Å²) < 4.78 is 14.9. The number of likely N-dealkylation sites (tertiary alicyclic amines) is 1. The Kier molecular flexibility index (Phi) is 20.8. The van der Waals surface area contributed by atoms with Crippen LogP contribution in [-0.4, -0.2) is 153 Å². The average molecular weight is 1090 g/mol. The summed E-state index contributed by atoms with van der Waals surface area (Å²) in [5.74, 6) is -0.302. The standard InChI is InChI=1S/C33H40FN7O4.C17H20N2.C10H10N2O.C3H8.H2/c34-29-6-5-25(20-30-26-3-1-2-4-27(26)32(44)36-35-30)19-28(29)33(45)41-17-15-40(16-18-41)31(43)22-38-13-11-37(12-14-38)21-24-7-9-39(23-42)10-8-24;1-3-13-5-4-6-14(9-13)15-10-17(12(2)18-11-15)19-16-7-8-16;1-2-9-7-5-3-4-6-8(7)10(13)12-11-9;1-3-2;/h1-6,19,23-24H,7-18,20-22H2,(H,36,44);4-6,9-11,16,19H,3,7-8H2,1-2H3;3-6H,2H2,1H3,(H,12,13);3H2,1-2H3;1H. The molecule has 11 rings (SSSR count). The van der Waals surface area contributed by atoms with E-state index >= 15 is 0 Å². The fourth-order valence-electron chi connectivity index (χ4n) is 10.4. The van der Waals surface area contributed by atoms with Crippen LogP contribution in [-0.2, 0) is 28.9 Å². The summed E-state index contributed by atoms with van der Waals surface area (Å²) in [4.78, 5) is 75.4. The zero-order valence-corrected chi connectivity index (χ0v) is 47.2. The molecule has 0 unspecified atom stereocenters. The third-order valence-corrected chi connectivity index (χ3v) is 15.3. The topological polar surface area (TPSA) is 184 Å². The summed E-state index contributed by atoms with van der Waals surface area (Å²) in [5.41, 5.74) is 7.98. The molecule has 0 spiro atoms. The summed E-state index contributed by atoms with van der Waals surface area (Å²) in [6.07, 6.45) is 11.1. The van der Waals surface area contributed by atoms with E-state index in [0.29, 0.717) is 78.5 Å². The largest absolute Gasteiger partial charge is 0.381 e. The molecule has 0 radical (unpaired) electrons. The number of aryl methyl sites for hydroxylation is 3. The molecule has 16 nitrogen and oxygen atoms in total. The SMILES string of the molecule is CCC.CCc1cccc(-c2cnc(C)c(NC3CC3)c2)c1.CCc1n[nH]c(=O)c2ccccc12.O=CN1CCC(CN2CCN(CC(=O)N3CCN(C(=O)c4cc(Cc5n[nH]c(=O)c6ccccc56)ccc4F)CC3)CC2)CC1.[HH]. The van der Waals surface area contributed by atoms with Crippen molar-refractivity contribution in [2.75, 3.05) is 83.9 Å². The fraction of sp³-hybridized carbons (Fsp3) is 0.429. The van der Waals surface area contributed by atoms with Crippen LogP contribution >= 0.6 is 0 Å². The van der Waals surface area contributed by atoms with Crippen LogP contribution in [0.1, 0.15) is 99.8 Å². The highest BCUT2D eigenvalue weighted by atomic mass is 19.1. The molecule has 6 heterocycles. The first-order chi connectivity index (χ1) is 38.9. The zero-order chi connectivity index (χ0) is 56.5. The van der Waals surface area contributed by atoms with E-state index in [0.717, 1.165) is 94.7 Å². The van der Waals surface area contributed by atoms with Gasteiger partial charge in [0.2, 0.25) is 12.3 Å². The number of aromatic nitrogens is 5. The highest BCUT2D eigenvalue weighted by Gasteiger charge is 2.29. The van der Waals surface area contributed by atoms with Crippen LogP contribution in [0.2, 0.25) is 0 Å². The summed E-state index contributed by atoms with van der Waals surface area (Å²) in [7, 11) is 0. The molecule has 3 saturated heterocycles. The Labute approximate surface area is 470 Å². The van der Waals surface area contributed by atoms with Gasteiger partial charge in [-0.15, -0.1) is 0 Å². The van der Waals surface area contributed by atoms with Crippen LogP contribution in [0.3, 0.4) is 0 Å². The van der Waals surface area contributed by atoms with Crippen LogP contribution in [0.4, 0.5) is 10.1 Å². The number of pyridine rings is 1. The quantitative estimate of drug-likeness (QED) is 0.0939. The summed E-state index contributed by atoms with van der Waals surface area (Å²) >= 11 is 0. The maximum Gasteiger partial charge on any atom is 0.272 e. The van der Waals surface area contributed by atoms with Gasteiger partial charge in [-0.2, -0.15) is 10.2 Å². The van der Waals surface area contributed by atoms with Crippen LogP contribution in [0, 0.1) is 18.7 Å². The number of halogens is 1. The van der Waals surface area contributed by atoms with E-state index in [9.17, 15) is 28.4 Å². The van der Waals surface area contributed by atoms with Gasteiger partial charge in [-0.1, -0.05) is 101 Å². The zero-order valence-electron chi connectivity index (χ0n) is 47.2. The summed E-state index contributed by atoms with van der Waals surface area (Å²) in [6.45, 7) is 18.7. The first-order valence-corrected chi connectivity index (χ1v) is 28.6. The molecule has 3 amide bonds. The fourth-order valence-corrected chi connectivity index (χ4v) is 10.4. The highest BCUT2D eigenvalue weighted by molar-refractivity contribution is 5.95. The van der Waals surface area contributed by atoms with Crippen molar-refractivity contribution in [2.45, 2.75) is 92.0 Å². The molecular formula is C63H80FN11O5.